The maximum atomic E-state index is 10.4. The van der Waals surface area contributed by atoms with E-state index in [2.05, 4.69) is 11.0 Å². The quantitative estimate of drug-likeness (QED) is 0.545. The molecule has 0 aromatic carbocycles. The Labute approximate surface area is 82.5 Å². The topological polar surface area (TPSA) is 20.3 Å². The average molecular weight is 195 g/mol. The summed E-state index contributed by atoms with van der Waals surface area (Å²) in [5.41, 5.74) is 0.757. The predicted molar refractivity (Wildman–Crippen MR) is 58.4 cm³/mol. The maximum absolute atomic E-state index is 10.4. The van der Waals surface area contributed by atoms with Crippen LogP contribution in [0.5, 0.6) is 0 Å². The molecule has 0 atom stereocenters. The zero-order valence-electron chi connectivity index (χ0n) is 8.07. The van der Waals surface area contributed by atoms with Crippen LogP contribution in [0.25, 0.3) is 6.08 Å². The Morgan fingerprint density at radius 1 is 1.46 bits per heavy atom. The number of anilines is 1. The summed E-state index contributed by atoms with van der Waals surface area (Å²) in [6, 6.07) is 4.07. The summed E-state index contributed by atoms with van der Waals surface area (Å²) < 4.78 is 0. The highest BCUT2D eigenvalue weighted by molar-refractivity contribution is 7.16. The van der Waals surface area contributed by atoms with Crippen LogP contribution in [0.1, 0.15) is 11.8 Å². The fourth-order valence-electron chi connectivity index (χ4n) is 0.919. The molecular weight excluding hydrogens is 182 g/mol. The molecule has 0 unspecified atom stereocenters. The van der Waals surface area contributed by atoms with E-state index < -0.39 is 0 Å². The third-order valence-corrected chi connectivity index (χ3v) is 2.81. The molecule has 1 aromatic heterocycles. The number of nitrogens with zero attached hydrogens (tertiary/aromatic N) is 1. The normalized spacial score (nSPS) is 11.5. The molecule has 70 valence electrons. The van der Waals surface area contributed by atoms with Gasteiger partial charge in [0, 0.05) is 19.0 Å². The summed E-state index contributed by atoms with van der Waals surface area (Å²) in [6.45, 7) is 1.81. The van der Waals surface area contributed by atoms with E-state index in [4.69, 9.17) is 0 Å². The average Bonchev–Trinajstić information content (AvgIpc) is 2.52. The number of aldehydes is 1. The van der Waals surface area contributed by atoms with Gasteiger partial charge in [-0.15, -0.1) is 11.3 Å². The van der Waals surface area contributed by atoms with Gasteiger partial charge in [0.05, 0.1) is 5.00 Å². The number of thiophene rings is 1. The summed E-state index contributed by atoms with van der Waals surface area (Å²) in [7, 11) is 4.01. The largest absolute Gasteiger partial charge is 0.370 e. The molecule has 3 heteroatoms. The highest BCUT2D eigenvalue weighted by atomic mass is 32.1. The first-order chi connectivity index (χ1) is 6.13. The van der Waals surface area contributed by atoms with E-state index in [9.17, 15) is 4.79 Å². The summed E-state index contributed by atoms with van der Waals surface area (Å²) in [5.74, 6) is 0. The fraction of sp³-hybridized carbons (Fsp3) is 0.300. The number of hydrogen-bond acceptors (Lipinski definition) is 3. The lowest BCUT2D eigenvalue weighted by Crippen LogP contribution is -2.05. The smallest absolute Gasteiger partial charge is 0.145 e. The van der Waals surface area contributed by atoms with Crippen LogP contribution in [0, 0.1) is 0 Å². The lowest BCUT2D eigenvalue weighted by molar-refractivity contribution is -0.104. The van der Waals surface area contributed by atoms with Crippen LogP contribution < -0.4 is 4.90 Å². The van der Waals surface area contributed by atoms with Gasteiger partial charge in [0.2, 0.25) is 0 Å². The molecule has 1 rings (SSSR count). The fourth-order valence-corrected chi connectivity index (χ4v) is 1.86. The van der Waals surface area contributed by atoms with E-state index in [1.54, 1.807) is 11.3 Å². The van der Waals surface area contributed by atoms with Crippen molar-refractivity contribution in [2.75, 3.05) is 19.0 Å². The molecular formula is C10H13NOS. The molecule has 0 radical (unpaired) electrons. The molecule has 1 heterocycles. The maximum Gasteiger partial charge on any atom is 0.145 e. The lowest BCUT2D eigenvalue weighted by Gasteiger charge is -2.06. The van der Waals surface area contributed by atoms with Crippen molar-refractivity contribution < 1.29 is 4.79 Å². The van der Waals surface area contributed by atoms with E-state index in [-0.39, 0.29) is 0 Å². The summed E-state index contributed by atoms with van der Waals surface area (Å²) >= 11 is 1.68. The Balaban J connectivity index is 2.86. The highest BCUT2D eigenvalue weighted by Gasteiger charge is 1.99. The van der Waals surface area contributed by atoms with Crippen molar-refractivity contribution in [1.82, 2.24) is 0 Å². The van der Waals surface area contributed by atoms with Crippen molar-refractivity contribution in [1.29, 1.82) is 0 Å². The Bertz CT molecular complexity index is 325. The number of carbonyl (C=O) groups excluding carboxylic acids is 1. The highest BCUT2D eigenvalue weighted by Crippen LogP contribution is 2.25. The van der Waals surface area contributed by atoms with E-state index in [0.717, 1.165) is 16.7 Å². The Kier molecular flexibility index (Phi) is 3.25. The molecule has 0 amide bonds. The molecule has 13 heavy (non-hydrogen) atoms. The molecule has 0 saturated carbocycles. The monoisotopic (exact) mass is 195 g/mol. The molecule has 0 spiro atoms. The molecule has 0 aliphatic heterocycles. The molecule has 0 aliphatic rings. The van der Waals surface area contributed by atoms with Crippen LogP contribution in [0.4, 0.5) is 5.00 Å². The van der Waals surface area contributed by atoms with E-state index in [1.807, 2.05) is 33.2 Å². The van der Waals surface area contributed by atoms with Crippen LogP contribution >= 0.6 is 11.3 Å². The molecule has 0 aliphatic carbocycles. The molecule has 0 N–H and O–H groups in total. The summed E-state index contributed by atoms with van der Waals surface area (Å²) in [4.78, 5) is 13.5. The van der Waals surface area contributed by atoms with Gasteiger partial charge in [-0.3, -0.25) is 4.79 Å². The van der Waals surface area contributed by atoms with E-state index in [1.165, 1.54) is 5.00 Å². The molecule has 0 fully saturated rings. The van der Waals surface area contributed by atoms with Crippen LogP contribution in [0.3, 0.4) is 0 Å². The van der Waals surface area contributed by atoms with Crippen molar-refractivity contribution >= 4 is 28.7 Å². The van der Waals surface area contributed by atoms with Crippen LogP contribution in [-0.2, 0) is 4.79 Å². The Morgan fingerprint density at radius 2 is 2.15 bits per heavy atom. The SMILES string of the molecule is CC(C=O)=Cc1ccc(N(C)C)s1. The zero-order valence-corrected chi connectivity index (χ0v) is 8.89. The first kappa shape index (κ1) is 9.99. The number of allylic oxidation sites excluding steroid dienone is 1. The lowest BCUT2D eigenvalue weighted by atomic mass is 10.3. The van der Waals surface area contributed by atoms with Gasteiger partial charge in [0.25, 0.3) is 0 Å². The van der Waals surface area contributed by atoms with Gasteiger partial charge in [0.1, 0.15) is 6.29 Å². The van der Waals surface area contributed by atoms with Crippen molar-refractivity contribution in [3.05, 3.63) is 22.6 Å². The van der Waals surface area contributed by atoms with Gasteiger partial charge in [-0.25, -0.2) is 0 Å². The number of hydrogen-bond donors (Lipinski definition) is 0. The minimum Gasteiger partial charge on any atom is -0.370 e. The van der Waals surface area contributed by atoms with Crippen molar-refractivity contribution in [2.45, 2.75) is 6.92 Å². The second-order valence-corrected chi connectivity index (χ2v) is 4.17. The van der Waals surface area contributed by atoms with Crippen molar-refractivity contribution in [3.8, 4) is 0 Å². The summed E-state index contributed by atoms with van der Waals surface area (Å²) in [5, 5.41) is 1.20. The Hall–Kier alpha value is -1.09. The van der Waals surface area contributed by atoms with Gasteiger partial charge < -0.3 is 4.90 Å². The van der Waals surface area contributed by atoms with Gasteiger partial charge in [-0.1, -0.05) is 0 Å². The minimum absolute atomic E-state index is 0.757. The van der Waals surface area contributed by atoms with Gasteiger partial charge in [-0.05, 0) is 30.7 Å². The predicted octanol–water partition coefficient (Wildman–Crippen LogP) is 2.42. The van der Waals surface area contributed by atoms with Crippen LogP contribution in [-0.4, -0.2) is 20.4 Å². The molecule has 0 bridgehead atoms. The molecule has 0 saturated heterocycles. The van der Waals surface area contributed by atoms with E-state index in [0.29, 0.717) is 0 Å². The number of carbonyl (C=O) groups is 1. The van der Waals surface area contributed by atoms with Gasteiger partial charge in [0.15, 0.2) is 0 Å². The third-order valence-electron chi connectivity index (χ3n) is 1.61. The second-order valence-electron chi connectivity index (χ2n) is 3.08. The van der Waals surface area contributed by atoms with E-state index >= 15 is 0 Å². The van der Waals surface area contributed by atoms with Gasteiger partial charge in [-0.2, -0.15) is 0 Å². The minimum atomic E-state index is 0.757. The van der Waals surface area contributed by atoms with Crippen LogP contribution in [0.2, 0.25) is 0 Å². The van der Waals surface area contributed by atoms with Crippen LogP contribution in [0.15, 0.2) is 17.7 Å². The van der Waals surface area contributed by atoms with Crippen molar-refractivity contribution in [2.24, 2.45) is 0 Å². The standard InChI is InChI=1S/C10H13NOS/c1-8(7-12)6-9-4-5-10(13-9)11(2)3/h4-7H,1-3H3. The van der Waals surface area contributed by atoms with Crippen molar-refractivity contribution in [3.63, 3.8) is 0 Å². The number of rotatable bonds is 3. The molecule has 2 nitrogen and oxygen atoms in total. The third kappa shape index (κ3) is 2.70. The molecule has 1 aromatic rings. The van der Waals surface area contributed by atoms with Gasteiger partial charge >= 0.3 is 0 Å². The summed E-state index contributed by atoms with van der Waals surface area (Å²) in [6.07, 6.45) is 2.76. The first-order valence-electron chi connectivity index (χ1n) is 4.04. The second kappa shape index (κ2) is 4.23. The zero-order chi connectivity index (χ0) is 9.84. The Morgan fingerprint density at radius 3 is 2.62 bits per heavy atom. The first-order valence-corrected chi connectivity index (χ1v) is 4.86.